The van der Waals surface area contributed by atoms with Crippen molar-refractivity contribution in [1.82, 2.24) is 15.4 Å². The number of hydrogen-bond acceptors (Lipinski definition) is 5. The molecule has 0 saturated heterocycles. The zero-order valence-corrected chi connectivity index (χ0v) is 17.9. The molecular weight excluding hydrogens is 406 g/mol. The molecular formula is C21H27N3O5S. The van der Waals surface area contributed by atoms with Gasteiger partial charge in [0.15, 0.2) is 17.6 Å². The second-order valence-electron chi connectivity index (χ2n) is 7.41. The summed E-state index contributed by atoms with van der Waals surface area (Å²) >= 11 is 0. The van der Waals surface area contributed by atoms with Crippen LogP contribution in [-0.2, 0) is 22.3 Å². The molecule has 1 aliphatic heterocycles. The topological polar surface area (TPSA) is 106 Å². The average molecular weight is 434 g/mol. The standard InChI is InChI=1S/C21H27N3O5S/c1-15(2)24-30(26,27)14-17-9-7-16(8-10-17)11-22-21(25)23-12-18-13-28-19-5-3-4-6-20(19)29-18/h3-10,15,18,24H,11-14H2,1-2H3,(H2,22,23,25)/t18-/m1/s1. The number of carbonyl (C=O) groups is 1. The van der Waals surface area contributed by atoms with Gasteiger partial charge in [0.25, 0.3) is 0 Å². The van der Waals surface area contributed by atoms with E-state index in [0.29, 0.717) is 36.8 Å². The Hall–Kier alpha value is -2.78. The van der Waals surface area contributed by atoms with Crippen LogP contribution >= 0.6 is 0 Å². The van der Waals surface area contributed by atoms with Gasteiger partial charge in [-0.1, -0.05) is 36.4 Å². The smallest absolute Gasteiger partial charge is 0.315 e. The van der Waals surface area contributed by atoms with Crippen molar-refractivity contribution < 1.29 is 22.7 Å². The monoisotopic (exact) mass is 433 g/mol. The fourth-order valence-corrected chi connectivity index (χ4v) is 4.42. The number of carbonyl (C=O) groups excluding carboxylic acids is 1. The van der Waals surface area contributed by atoms with Gasteiger partial charge in [0, 0.05) is 12.6 Å². The first kappa shape index (κ1) is 21.9. The molecule has 0 unspecified atom stereocenters. The highest BCUT2D eigenvalue weighted by molar-refractivity contribution is 7.88. The Morgan fingerprint density at radius 2 is 1.70 bits per heavy atom. The largest absolute Gasteiger partial charge is 0.486 e. The number of urea groups is 1. The molecule has 8 nitrogen and oxygen atoms in total. The summed E-state index contributed by atoms with van der Waals surface area (Å²) in [6.45, 7) is 4.58. The molecule has 2 aromatic carbocycles. The van der Waals surface area contributed by atoms with Crippen molar-refractivity contribution in [2.24, 2.45) is 0 Å². The number of para-hydroxylation sites is 2. The summed E-state index contributed by atoms with van der Waals surface area (Å²) in [6.07, 6.45) is -0.258. The molecule has 30 heavy (non-hydrogen) atoms. The Kier molecular flexibility index (Phi) is 7.17. The van der Waals surface area contributed by atoms with E-state index in [2.05, 4.69) is 15.4 Å². The quantitative estimate of drug-likeness (QED) is 0.592. The molecule has 3 N–H and O–H groups in total. The Bertz CT molecular complexity index is 961. The van der Waals surface area contributed by atoms with E-state index in [4.69, 9.17) is 9.47 Å². The normalized spacial score (nSPS) is 15.6. The van der Waals surface area contributed by atoms with Crippen LogP contribution in [0.25, 0.3) is 0 Å². The van der Waals surface area contributed by atoms with Crippen molar-refractivity contribution in [3.63, 3.8) is 0 Å². The first-order chi connectivity index (χ1) is 14.3. The van der Waals surface area contributed by atoms with Crippen molar-refractivity contribution in [1.29, 1.82) is 0 Å². The predicted octanol–water partition coefficient (Wildman–Crippen LogP) is 2.15. The molecule has 0 radical (unpaired) electrons. The highest BCUT2D eigenvalue weighted by atomic mass is 32.2. The van der Waals surface area contributed by atoms with Crippen LogP contribution in [0.15, 0.2) is 48.5 Å². The van der Waals surface area contributed by atoms with Gasteiger partial charge < -0.3 is 20.1 Å². The van der Waals surface area contributed by atoms with Gasteiger partial charge in [-0.15, -0.1) is 0 Å². The number of nitrogens with one attached hydrogen (secondary N) is 3. The van der Waals surface area contributed by atoms with Crippen LogP contribution in [0.5, 0.6) is 11.5 Å². The van der Waals surface area contributed by atoms with Gasteiger partial charge in [-0.05, 0) is 37.1 Å². The first-order valence-corrected chi connectivity index (χ1v) is 11.4. The van der Waals surface area contributed by atoms with Gasteiger partial charge in [0.1, 0.15) is 6.61 Å². The Balaban J connectivity index is 1.41. The number of fused-ring (bicyclic) bond motifs is 1. The van der Waals surface area contributed by atoms with E-state index in [1.54, 1.807) is 38.1 Å². The predicted molar refractivity (Wildman–Crippen MR) is 114 cm³/mol. The zero-order valence-electron chi connectivity index (χ0n) is 17.1. The molecule has 0 spiro atoms. The summed E-state index contributed by atoms with van der Waals surface area (Å²) in [5.74, 6) is 1.29. The number of rotatable bonds is 8. The molecule has 9 heteroatoms. The molecule has 2 aromatic rings. The second kappa shape index (κ2) is 9.82. The average Bonchev–Trinajstić information content (AvgIpc) is 2.70. The SMILES string of the molecule is CC(C)NS(=O)(=O)Cc1ccc(CNC(=O)NC[C@@H]2COc3ccccc3O2)cc1. The number of hydrogen-bond donors (Lipinski definition) is 3. The van der Waals surface area contributed by atoms with Crippen LogP contribution in [0, 0.1) is 0 Å². The van der Waals surface area contributed by atoms with E-state index < -0.39 is 10.0 Å². The van der Waals surface area contributed by atoms with E-state index in [9.17, 15) is 13.2 Å². The van der Waals surface area contributed by atoms with Crippen molar-refractivity contribution in [3.05, 3.63) is 59.7 Å². The molecule has 0 fully saturated rings. The van der Waals surface area contributed by atoms with Crippen LogP contribution in [0.1, 0.15) is 25.0 Å². The molecule has 162 valence electrons. The van der Waals surface area contributed by atoms with Gasteiger partial charge >= 0.3 is 6.03 Å². The highest BCUT2D eigenvalue weighted by Crippen LogP contribution is 2.30. The van der Waals surface area contributed by atoms with Gasteiger partial charge in [-0.3, -0.25) is 0 Å². The van der Waals surface area contributed by atoms with Gasteiger partial charge in [0.05, 0.1) is 12.3 Å². The van der Waals surface area contributed by atoms with E-state index in [0.717, 1.165) is 5.56 Å². The second-order valence-corrected chi connectivity index (χ2v) is 9.16. The fraction of sp³-hybridized carbons (Fsp3) is 0.381. The van der Waals surface area contributed by atoms with Crippen LogP contribution < -0.4 is 24.8 Å². The maximum Gasteiger partial charge on any atom is 0.315 e. The van der Waals surface area contributed by atoms with E-state index >= 15 is 0 Å². The molecule has 0 aromatic heterocycles. The zero-order chi connectivity index (χ0) is 21.6. The molecule has 0 bridgehead atoms. The van der Waals surface area contributed by atoms with Crippen molar-refractivity contribution >= 4 is 16.1 Å². The number of amides is 2. The lowest BCUT2D eigenvalue weighted by molar-refractivity contribution is 0.0918. The van der Waals surface area contributed by atoms with Crippen LogP contribution in [-0.4, -0.2) is 39.7 Å². The maximum atomic E-state index is 12.1. The molecule has 2 amide bonds. The summed E-state index contributed by atoms with van der Waals surface area (Å²) in [7, 11) is -3.36. The van der Waals surface area contributed by atoms with Crippen LogP contribution in [0.4, 0.5) is 4.79 Å². The maximum absolute atomic E-state index is 12.1. The third-order valence-corrected chi connectivity index (χ3v) is 5.85. The summed E-state index contributed by atoms with van der Waals surface area (Å²) in [5, 5.41) is 5.55. The highest BCUT2D eigenvalue weighted by Gasteiger charge is 2.21. The van der Waals surface area contributed by atoms with E-state index in [-0.39, 0.29) is 23.9 Å². The molecule has 1 atom stereocenters. The summed E-state index contributed by atoms with van der Waals surface area (Å²) in [5.41, 5.74) is 1.56. The summed E-state index contributed by atoms with van der Waals surface area (Å²) < 4.78 is 37.9. The molecule has 1 heterocycles. The number of sulfonamides is 1. The third-order valence-electron chi connectivity index (χ3n) is 4.31. The molecule has 0 aliphatic carbocycles. The minimum Gasteiger partial charge on any atom is -0.486 e. The third kappa shape index (κ3) is 6.64. The fourth-order valence-electron chi connectivity index (χ4n) is 2.99. The molecule has 1 aliphatic rings. The lowest BCUT2D eigenvalue weighted by Crippen LogP contribution is -2.44. The minimum atomic E-state index is -3.36. The van der Waals surface area contributed by atoms with Gasteiger partial charge in [0.2, 0.25) is 10.0 Å². The summed E-state index contributed by atoms with van der Waals surface area (Å²) in [6, 6.07) is 14.1. The number of ether oxygens (including phenoxy) is 2. The van der Waals surface area contributed by atoms with E-state index in [1.165, 1.54) is 0 Å². The van der Waals surface area contributed by atoms with Crippen molar-refractivity contribution in [2.75, 3.05) is 13.2 Å². The Labute approximate surface area is 177 Å². The van der Waals surface area contributed by atoms with Crippen LogP contribution in [0.3, 0.4) is 0 Å². The molecule has 3 rings (SSSR count). The Morgan fingerprint density at radius 1 is 1.03 bits per heavy atom. The minimum absolute atomic E-state index is 0.0774. The van der Waals surface area contributed by atoms with Gasteiger partial charge in [-0.2, -0.15) is 0 Å². The van der Waals surface area contributed by atoms with E-state index in [1.807, 2.05) is 24.3 Å². The molecule has 0 saturated carbocycles. The first-order valence-electron chi connectivity index (χ1n) is 9.79. The summed E-state index contributed by atoms with van der Waals surface area (Å²) in [4.78, 5) is 12.1. The van der Waals surface area contributed by atoms with Crippen LogP contribution in [0.2, 0.25) is 0 Å². The number of benzene rings is 2. The van der Waals surface area contributed by atoms with Crippen molar-refractivity contribution in [3.8, 4) is 11.5 Å². The lowest BCUT2D eigenvalue weighted by Gasteiger charge is -2.26. The lowest BCUT2D eigenvalue weighted by atomic mass is 10.1. The Morgan fingerprint density at radius 3 is 2.40 bits per heavy atom. The van der Waals surface area contributed by atoms with Crippen molar-refractivity contribution in [2.45, 2.75) is 38.3 Å². The van der Waals surface area contributed by atoms with Gasteiger partial charge in [-0.25, -0.2) is 17.9 Å².